The highest BCUT2D eigenvalue weighted by Crippen LogP contribution is 2.37. The molecule has 2 fully saturated rings. The Bertz CT molecular complexity index is 805. The number of nitrogens with zero attached hydrogens (tertiary/aromatic N) is 1. The van der Waals surface area contributed by atoms with Crippen LogP contribution in [0.2, 0.25) is 0 Å². The number of hydrogen-bond acceptors (Lipinski definition) is 3. The maximum Gasteiger partial charge on any atom is 0.220 e. The Balaban J connectivity index is 1.24. The first-order valence-corrected chi connectivity index (χ1v) is 11.1. The molecule has 29 heavy (non-hydrogen) atoms. The van der Waals surface area contributed by atoms with Crippen LogP contribution in [0, 0.1) is 5.92 Å². The summed E-state index contributed by atoms with van der Waals surface area (Å²) < 4.78 is 0. The van der Waals surface area contributed by atoms with Crippen LogP contribution in [0.1, 0.15) is 60.3 Å². The SMILES string of the molecule is NC(=O)C1CCN(Cc2ccc(CNCc3ccccc3C3CCC3)cc2)CC1. The number of carbonyl (C=O) groups is 1. The lowest BCUT2D eigenvalue weighted by Crippen LogP contribution is -2.38. The maximum atomic E-state index is 11.3. The van der Waals surface area contributed by atoms with E-state index in [1.165, 1.54) is 36.0 Å². The van der Waals surface area contributed by atoms with E-state index in [1.807, 2.05) is 0 Å². The molecule has 0 bridgehead atoms. The third-order valence-corrected chi connectivity index (χ3v) is 6.66. The molecular weight excluding hydrogens is 358 g/mol. The molecule has 154 valence electrons. The van der Waals surface area contributed by atoms with Gasteiger partial charge in [0.2, 0.25) is 5.91 Å². The zero-order valence-electron chi connectivity index (χ0n) is 17.3. The first-order chi connectivity index (χ1) is 14.2. The quantitative estimate of drug-likeness (QED) is 0.717. The Hall–Kier alpha value is -2.17. The zero-order valence-corrected chi connectivity index (χ0v) is 17.3. The largest absolute Gasteiger partial charge is 0.369 e. The van der Waals surface area contributed by atoms with Crippen LogP contribution in [0.25, 0.3) is 0 Å². The van der Waals surface area contributed by atoms with Crippen molar-refractivity contribution in [3.8, 4) is 0 Å². The van der Waals surface area contributed by atoms with Crippen LogP contribution in [-0.4, -0.2) is 23.9 Å². The van der Waals surface area contributed by atoms with Crippen LogP contribution in [0.3, 0.4) is 0 Å². The van der Waals surface area contributed by atoms with Crippen molar-refractivity contribution in [1.29, 1.82) is 0 Å². The summed E-state index contributed by atoms with van der Waals surface area (Å²) >= 11 is 0. The fraction of sp³-hybridized carbons (Fsp3) is 0.480. The molecule has 0 atom stereocenters. The second-order valence-corrected chi connectivity index (χ2v) is 8.70. The number of nitrogens with two attached hydrogens (primary N) is 1. The van der Waals surface area contributed by atoms with E-state index < -0.39 is 0 Å². The van der Waals surface area contributed by atoms with E-state index >= 15 is 0 Å². The van der Waals surface area contributed by atoms with Crippen LogP contribution in [0.15, 0.2) is 48.5 Å². The molecule has 0 aromatic heterocycles. The van der Waals surface area contributed by atoms with Crippen LogP contribution in [0.5, 0.6) is 0 Å². The molecule has 0 radical (unpaired) electrons. The van der Waals surface area contributed by atoms with E-state index in [4.69, 9.17) is 5.73 Å². The van der Waals surface area contributed by atoms with Crippen molar-refractivity contribution in [2.75, 3.05) is 13.1 Å². The molecule has 1 amide bonds. The number of benzene rings is 2. The molecular formula is C25H33N3O. The van der Waals surface area contributed by atoms with Gasteiger partial charge >= 0.3 is 0 Å². The van der Waals surface area contributed by atoms with E-state index in [2.05, 4.69) is 58.7 Å². The summed E-state index contributed by atoms with van der Waals surface area (Å²) in [5.41, 5.74) is 11.1. The lowest BCUT2D eigenvalue weighted by atomic mass is 9.78. The van der Waals surface area contributed by atoms with Gasteiger partial charge in [0.15, 0.2) is 0 Å². The predicted octanol–water partition coefficient (Wildman–Crippen LogP) is 3.94. The van der Waals surface area contributed by atoms with Gasteiger partial charge in [-0.15, -0.1) is 0 Å². The zero-order chi connectivity index (χ0) is 20.1. The number of piperidine rings is 1. The number of primary amides is 1. The van der Waals surface area contributed by atoms with Gasteiger partial charge in [-0.3, -0.25) is 9.69 Å². The van der Waals surface area contributed by atoms with Crippen molar-refractivity contribution in [2.45, 2.75) is 57.7 Å². The van der Waals surface area contributed by atoms with Gasteiger partial charge in [-0.25, -0.2) is 0 Å². The van der Waals surface area contributed by atoms with Gasteiger partial charge in [-0.1, -0.05) is 55.0 Å². The van der Waals surface area contributed by atoms with E-state index in [1.54, 1.807) is 5.56 Å². The molecule has 3 N–H and O–H groups in total. The van der Waals surface area contributed by atoms with Crippen molar-refractivity contribution < 1.29 is 4.79 Å². The highest BCUT2D eigenvalue weighted by atomic mass is 16.1. The number of hydrogen-bond donors (Lipinski definition) is 2. The van der Waals surface area contributed by atoms with Gasteiger partial charge in [0.05, 0.1) is 0 Å². The first kappa shape index (κ1) is 20.1. The second kappa shape index (κ2) is 9.55. The fourth-order valence-corrected chi connectivity index (χ4v) is 4.55. The normalized spacial score (nSPS) is 18.5. The van der Waals surface area contributed by atoms with E-state index in [-0.39, 0.29) is 11.8 Å². The second-order valence-electron chi connectivity index (χ2n) is 8.70. The molecule has 0 spiro atoms. The Morgan fingerprint density at radius 1 is 0.931 bits per heavy atom. The average Bonchev–Trinajstić information content (AvgIpc) is 2.70. The van der Waals surface area contributed by atoms with Crippen LogP contribution < -0.4 is 11.1 Å². The lowest BCUT2D eigenvalue weighted by molar-refractivity contribution is -0.123. The molecule has 2 aliphatic rings. The third kappa shape index (κ3) is 5.26. The van der Waals surface area contributed by atoms with Crippen molar-refractivity contribution in [3.05, 3.63) is 70.8 Å². The Labute approximate surface area is 174 Å². The van der Waals surface area contributed by atoms with E-state index in [0.717, 1.165) is 51.5 Å². The van der Waals surface area contributed by atoms with Crippen LogP contribution in [-0.2, 0) is 24.4 Å². The minimum absolute atomic E-state index is 0.0640. The van der Waals surface area contributed by atoms with Crippen LogP contribution >= 0.6 is 0 Å². The summed E-state index contributed by atoms with van der Waals surface area (Å²) in [5.74, 6) is 0.700. The minimum atomic E-state index is -0.142. The van der Waals surface area contributed by atoms with Gasteiger partial charge in [0.25, 0.3) is 0 Å². The van der Waals surface area contributed by atoms with Crippen LogP contribution in [0.4, 0.5) is 0 Å². The van der Waals surface area contributed by atoms with Gasteiger partial charge in [0.1, 0.15) is 0 Å². The predicted molar refractivity (Wildman–Crippen MR) is 117 cm³/mol. The Kier molecular flexibility index (Phi) is 6.63. The first-order valence-electron chi connectivity index (χ1n) is 11.1. The molecule has 2 aromatic rings. The van der Waals surface area contributed by atoms with Crippen molar-refractivity contribution in [1.82, 2.24) is 10.2 Å². The summed E-state index contributed by atoms with van der Waals surface area (Å²) in [7, 11) is 0. The van der Waals surface area contributed by atoms with Gasteiger partial charge in [-0.2, -0.15) is 0 Å². The summed E-state index contributed by atoms with van der Waals surface area (Å²) in [4.78, 5) is 13.7. The Morgan fingerprint density at radius 2 is 1.62 bits per heavy atom. The molecule has 4 nitrogen and oxygen atoms in total. The number of rotatable bonds is 8. The van der Waals surface area contributed by atoms with E-state index in [0.29, 0.717) is 0 Å². The molecule has 0 unspecified atom stereocenters. The molecule has 2 aromatic carbocycles. The topological polar surface area (TPSA) is 58.4 Å². The van der Waals surface area contributed by atoms with Gasteiger partial charge in [0, 0.05) is 25.6 Å². The molecule has 1 aliphatic heterocycles. The average molecular weight is 392 g/mol. The number of amides is 1. The molecule has 4 rings (SSSR count). The molecule has 1 saturated carbocycles. The minimum Gasteiger partial charge on any atom is -0.369 e. The summed E-state index contributed by atoms with van der Waals surface area (Å²) in [6.07, 6.45) is 5.85. The molecule has 1 saturated heterocycles. The summed E-state index contributed by atoms with van der Waals surface area (Å²) in [6.45, 7) is 4.69. The highest BCUT2D eigenvalue weighted by molar-refractivity contribution is 5.76. The monoisotopic (exact) mass is 391 g/mol. The van der Waals surface area contributed by atoms with E-state index in [9.17, 15) is 4.79 Å². The summed E-state index contributed by atoms with van der Waals surface area (Å²) in [6, 6.07) is 17.8. The lowest BCUT2D eigenvalue weighted by Gasteiger charge is -2.30. The number of carbonyl (C=O) groups excluding carboxylic acids is 1. The number of likely N-dealkylation sites (tertiary alicyclic amines) is 1. The molecule has 1 heterocycles. The maximum absolute atomic E-state index is 11.3. The van der Waals surface area contributed by atoms with Gasteiger partial charge in [-0.05, 0) is 66.9 Å². The van der Waals surface area contributed by atoms with Crippen molar-refractivity contribution in [3.63, 3.8) is 0 Å². The third-order valence-electron chi connectivity index (χ3n) is 6.66. The van der Waals surface area contributed by atoms with Crippen molar-refractivity contribution >= 4 is 5.91 Å². The molecule has 1 aliphatic carbocycles. The summed E-state index contributed by atoms with van der Waals surface area (Å²) in [5, 5.41) is 3.62. The Morgan fingerprint density at radius 3 is 2.28 bits per heavy atom. The number of nitrogens with one attached hydrogen (secondary N) is 1. The smallest absolute Gasteiger partial charge is 0.220 e. The highest BCUT2D eigenvalue weighted by Gasteiger charge is 2.23. The van der Waals surface area contributed by atoms with Gasteiger partial charge < -0.3 is 11.1 Å². The standard InChI is InChI=1S/C25H33N3O/c26-25(29)22-12-14-28(15-13-22)18-20-10-8-19(9-11-20)16-27-17-23-4-1-2-7-24(23)21-5-3-6-21/h1-2,4,7-11,21-22,27H,3,5-6,12-18H2,(H2,26,29). The molecule has 4 heteroatoms. The van der Waals surface area contributed by atoms with Crippen molar-refractivity contribution in [2.24, 2.45) is 11.7 Å². The fourth-order valence-electron chi connectivity index (χ4n) is 4.55.